The third-order valence-electron chi connectivity index (χ3n) is 3.30. The molecule has 23 heavy (non-hydrogen) atoms. The summed E-state index contributed by atoms with van der Waals surface area (Å²) in [6.07, 6.45) is -2.13. The minimum atomic E-state index is -2.82. The number of thiazole rings is 1. The molecule has 0 aliphatic carbocycles. The van der Waals surface area contributed by atoms with Crippen molar-refractivity contribution in [3.8, 4) is 5.13 Å². The third-order valence-corrected chi connectivity index (χ3v) is 4.06. The van der Waals surface area contributed by atoms with E-state index in [9.17, 15) is 18.4 Å². The van der Waals surface area contributed by atoms with Gasteiger partial charge in [0.15, 0.2) is 5.13 Å². The van der Waals surface area contributed by atoms with E-state index < -0.39 is 30.8 Å². The summed E-state index contributed by atoms with van der Waals surface area (Å²) in [4.78, 5) is 27.4. The average Bonchev–Trinajstić information content (AvgIpc) is 3.05. The number of carbonyl (C=O) groups excluding carboxylic acids is 1. The molecule has 1 atom stereocenters. The zero-order valence-electron chi connectivity index (χ0n) is 12.4. The molecule has 0 saturated heterocycles. The largest absolute Gasteiger partial charge is 0.480 e. The molecule has 9 heteroatoms. The maximum Gasteiger partial charge on any atom is 0.326 e. The first-order valence-corrected chi connectivity index (χ1v) is 7.59. The van der Waals surface area contributed by atoms with Crippen LogP contribution >= 0.6 is 11.3 Å². The van der Waals surface area contributed by atoms with Crippen molar-refractivity contribution in [3.05, 3.63) is 34.6 Å². The molecule has 1 unspecified atom stereocenters. The fourth-order valence-electron chi connectivity index (χ4n) is 2.25. The Balaban J connectivity index is 2.26. The monoisotopic (exact) mass is 343 g/mol. The molecule has 0 saturated carbocycles. The molecule has 0 aromatic carbocycles. The molecule has 0 bridgehead atoms. The van der Waals surface area contributed by atoms with E-state index in [2.05, 4.69) is 10.3 Å². The van der Waals surface area contributed by atoms with Crippen LogP contribution in [0.4, 0.5) is 8.78 Å². The van der Waals surface area contributed by atoms with Gasteiger partial charge >= 0.3 is 5.97 Å². The highest BCUT2D eigenvalue weighted by Crippen LogP contribution is 2.22. The number of amides is 1. The number of carbonyl (C=O) groups is 2. The summed E-state index contributed by atoms with van der Waals surface area (Å²) in [5.41, 5.74) is 1.54. The summed E-state index contributed by atoms with van der Waals surface area (Å²) < 4.78 is 26.6. The lowest BCUT2D eigenvalue weighted by Gasteiger charge is -2.14. The van der Waals surface area contributed by atoms with Crippen molar-refractivity contribution in [1.82, 2.24) is 14.9 Å². The molecule has 2 N–H and O–H groups in total. The van der Waals surface area contributed by atoms with Crippen LogP contribution in [0.15, 0.2) is 17.6 Å². The van der Waals surface area contributed by atoms with Gasteiger partial charge in [-0.15, -0.1) is 11.3 Å². The normalized spacial score (nSPS) is 12.4. The Bertz CT molecular complexity index is 713. The summed E-state index contributed by atoms with van der Waals surface area (Å²) in [5, 5.41) is 13.5. The number of alkyl halides is 2. The van der Waals surface area contributed by atoms with Crippen LogP contribution in [0.25, 0.3) is 5.13 Å². The molecular formula is C14H15F2N3O3S. The highest BCUT2D eigenvalue weighted by Gasteiger charge is 2.26. The number of rotatable bonds is 6. The Kier molecular flexibility index (Phi) is 5.09. The highest BCUT2D eigenvalue weighted by molar-refractivity contribution is 7.12. The Labute approximate surface area is 134 Å². The van der Waals surface area contributed by atoms with E-state index in [0.717, 1.165) is 5.69 Å². The second-order valence-corrected chi connectivity index (χ2v) is 5.80. The lowest BCUT2D eigenvalue weighted by Crippen LogP contribution is -2.42. The molecule has 2 rings (SSSR count). The summed E-state index contributed by atoms with van der Waals surface area (Å²) in [5.74, 6) is -2.19. The Morgan fingerprint density at radius 3 is 2.65 bits per heavy atom. The first-order valence-electron chi connectivity index (χ1n) is 6.72. The van der Waals surface area contributed by atoms with E-state index in [0.29, 0.717) is 10.8 Å². The molecule has 0 spiro atoms. The summed E-state index contributed by atoms with van der Waals surface area (Å²) in [7, 11) is 0. The number of aliphatic carboxylic acids is 1. The van der Waals surface area contributed by atoms with Gasteiger partial charge in [-0.05, 0) is 19.9 Å². The van der Waals surface area contributed by atoms with Crippen LogP contribution in [0.1, 0.15) is 28.2 Å². The Hall–Kier alpha value is -2.29. The molecule has 124 valence electrons. The molecule has 6 nitrogen and oxygen atoms in total. The summed E-state index contributed by atoms with van der Waals surface area (Å²) in [6.45, 7) is 3.46. The van der Waals surface area contributed by atoms with E-state index in [1.54, 1.807) is 36.1 Å². The predicted octanol–water partition coefficient (Wildman–Crippen LogP) is 2.39. The van der Waals surface area contributed by atoms with Gasteiger partial charge in [-0.25, -0.2) is 18.6 Å². The molecule has 2 aromatic rings. The number of carboxylic acid groups (broad SMARTS) is 1. The molecule has 2 heterocycles. The van der Waals surface area contributed by atoms with E-state index >= 15 is 0 Å². The van der Waals surface area contributed by atoms with Crippen molar-refractivity contribution in [2.24, 2.45) is 0 Å². The van der Waals surface area contributed by atoms with Gasteiger partial charge in [-0.1, -0.05) is 0 Å². The highest BCUT2D eigenvalue weighted by atomic mass is 32.1. The molecule has 2 aromatic heterocycles. The van der Waals surface area contributed by atoms with Crippen LogP contribution in [-0.4, -0.2) is 39.0 Å². The fourth-order valence-corrected chi connectivity index (χ4v) is 3.00. The third kappa shape index (κ3) is 3.73. The van der Waals surface area contributed by atoms with Gasteiger partial charge in [0.25, 0.3) is 5.91 Å². The van der Waals surface area contributed by atoms with Crippen LogP contribution in [0.3, 0.4) is 0 Å². The van der Waals surface area contributed by atoms with E-state index in [1.165, 1.54) is 11.3 Å². The van der Waals surface area contributed by atoms with Gasteiger partial charge < -0.3 is 10.4 Å². The van der Waals surface area contributed by atoms with Gasteiger partial charge in [0, 0.05) is 29.4 Å². The number of nitrogens with one attached hydrogen (secondary N) is 1. The minimum Gasteiger partial charge on any atom is -0.480 e. The van der Waals surface area contributed by atoms with Crippen LogP contribution in [0, 0.1) is 13.8 Å². The van der Waals surface area contributed by atoms with Crippen molar-refractivity contribution in [1.29, 1.82) is 0 Å². The van der Waals surface area contributed by atoms with Gasteiger partial charge in [-0.3, -0.25) is 9.36 Å². The van der Waals surface area contributed by atoms with Gasteiger partial charge in [0.05, 0.1) is 5.56 Å². The van der Waals surface area contributed by atoms with Crippen molar-refractivity contribution >= 4 is 23.2 Å². The number of nitrogens with zero attached hydrogens (tertiary/aromatic N) is 2. The molecule has 0 radical (unpaired) electrons. The first kappa shape index (κ1) is 17.1. The first-order chi connectivity index (χ1) is 10.8. The minimum absolute atomic E-state index is 0.234. The number of aromatic nitrogens is 2. The maximum absolute atomic E-state index is 12.4. The van der Waals surface area contributed by atoms with Gasteiger partial charge in [0.1, 0.15) is 6.04 Å². The molecule has 1 amide bonds. The number of hydrogen-bond acceptors (Lipinski definition) is 4. The standard InChI is InChI=1S/C14H15F2N3O3S/c1-7-5-9(8(2)19(7)14-17-3-4-23-14)12(20)18-10(13(21)22)6-11(15)16/h3-5,10-11H,6H2,1-2H3,(H,18,20)(H,21,22). The second kappa shape index (κ2) is 6.86. The second-order valence-electron chi connectivity index (χ2n) is 4.93. The summed E-state index contributed by atoms with van der Waals surface area (Å²) in [6, 6.07) is -0.0571. The molecule has 0 fully saturated rings. The van der Waals surface area contributed by atoms with Crippen molar-refractivity contribution < 1.29 is 23.5 Å². The molecule has 0 aliphatic heterocycles. The Morgan fingerprint density at radius 1 is 1.43 bits per heavy atom. The Morgan fingerprint density at radius 2 is 2.13 bits per heavy atom. The molecule has 0 aliphatic rings. The SMILES string of the molecule is Cc1cc(C(=O)NC(CC(F)F)C(=O)O)c(C)n1-c1nccs1. The van der Waals surface area contributed by atoms with E-state index in [1.807, 2.05) is 0 Å². The van der Waals surface area contributed by atoms with Gasteiger partial charge in [0.2, 0.25) is 6.43 Å². The topological polar surface area (TPSA) is 84.2 Å². The van der Waals surface area contributed by atoms with Crippen LogP contribution in [-0.2, 0) is 4.79 Å². The molecular weight excluding hydrogens is 328 g/mol. The van der Waals surface area contributed by atoms with Crippen molar-refractivity contribution in [2.75, 3.05) is 0 Å². The zero-order valence-corrected chi connectivity index (χ0v) is 13.2. The quantitative estimate of drug-likeness (QED) is 0.843. The average molecular weight is 343 g/mol. The number of halogens is 2. The number of carboxylic acids is 1. The number of aryl methyl sites for hydroxylation is 1. The van der Waals surface area contributed by atoms with Crippen LogP contribution in [0.5, 0.6) is 0 Å². The van der Waals surface area contributed by atoms with E-state index in [4.69, 9.17) is 5.11 Å². The fraction of sp³-hybridized carbons (Fsp3) is 0.357. The van der Waals surface area contributed by atoms with Crippen molar-refractivity contribution in [2.45, 2.75) is 32.7 Å². The summed E-state index contributed by atoms with van der Waals surface area (Å²) >= 11 is 1.38. The van der Waals surface area contributed by atoms with Crippen LogP contribution in [0.2, 0.25) is 0 Å². The van der Waals surface area contributed by atoms with Crippen molar-refractivity contribution in [3.63, 3.8) is 0 Å². The van der Waals surface area contributed by atoms with E-state index in [-0.39, 0.29) is 5.56 Å². The lowest BCUT2D eigenvalue weighted by molar-refractivity contribution is -0.140. The zero-order chi connectivity index (χ0) is 17.1. The maximum atomic E-state index is 12.4. The smallest absolute Gasteiger partial charge is 0.326 e. The van der Waals surface area contributed by atoms with Gasteiger partial charge in [-0.2, -0.15) is 0 Å². The van der Waals surface area contributed by atoms with Crippen LogP contribution < -0.4 is 5.32 Å². The lowest BCUT2D eigenvalue weighted by atomic mass is 10.1. The number of hydrogen-bond donors (Lipinski definition) is 2. The predicted molar refractivity (Wildman–Crippen MR) is 80.4 cm³/mol.